The van der Waals surface area contributed by atoms with Gasteiger partial charge in [-0.15, -0.1) is 0 Å². The molecule has 0 spiro atoms. The average molecular weight is 470 g/mol. The molecule has 0 saturated carbocycles. The third-order valence-corrected chi connectivity index (χ3v) is 5.69. The Balaban J connectivity index is 0.000000758. The lowest BCUT2D eigenvalue weighted by Gasteiger charge is -2.34. The van der Waals surface area contributed by atoms with Gasteiger partial charge in [0.25, 0.3) is 0 Å². The summed E-state index contributed by atoms with van der Waals surface area (Å²) in [7, 11) is 3.65. The van der Waals surface area contributed by atoms with Crippen LogP contribution >= 0.6 is 0 Å². The Hall–Kier alpha value is -3.27. The number of anilines is 1. The van der Waals surface area contributed by atoms with E-state index in [0.717, 1.165) is 31.7 Å². The fourth-order valence-electron chi connectivity index (χ4n) is 3.88. The zero-order chi connectivity index (χ0) is 25.3. The van der Waals surface area contributed by atoms with E-state index < -0.39 is 5.78 Å². The quantitative estimate of drug-likeness (QED) is 0.380. The molecule has 0 bridgehead atoms. The maximum absolute atomic E-state index is 12.8. The van der Waals surface area contributed by atoms with Gasteiger partial charge in [0.15, 0.2) is 0 Å². The molecule has 1 aromatic carbocycles. The molecule has 4 rings (SSSR count). The summed E-state index contributed by atoms with van der Waals surface area (Å²) in [4.78, 5) is 34.1. The second kappa shape index (κ2) is 12.8. The molecule has 1 aromatic rings. The number of ketones is 2. The number of rotatable bonds is 4. The second-order valence-electron chi connectivity index (χ2n) is 7.92. The van der Waals surface area contributed by atoms with Gasteiger partial charge in [0, 0.05) is 44.0 Å². The number of allylic oxidation sites excluding steroid dienone is 4. The lowest BCUT2D eigenvalue weighted by atomic mass is 9.83. The summed E-state index contributed by atoms with van der Waals surface area (Å²) < 4.78 is 0. The largest absolute Gasteiger partial charge is 0.394 e. The van der Waals surface area contributed by atoms with Crippen molar-refractivity contribution in [2.45, 2.75) is 26.8 Å². The number of benzene rings is 1. The molecule has 1 saturated heterocycles. The van der Waals surface area contributed by atoms with Crippen LogP contribution < -0.4 is 21.8 Å². The van der Waals surface area contributed by atoms with E-state index >= 15 is 0 Å². The summed E-state index contributed by atoms with van der Waals surface area (Å²) in [5, 5.41) is 11.0. The number of hydrogen-bond donors (Lipinski definition) is 4. The van der Waals surface area contributed by atoms with Gasteiger partial charge in [-0.3, -0.25) is 9.59 Å². The van der Waals surface area contributed by atoms with E-state index in [1.807, 2.05) is 26.0 Å². The van der Waals surface area contributed by atoms with Gasteiger partial charge in [-0.25, -0.2) is 10.7 Å². The molecule has 2 aliphatic carbocycles. The van der Waals surface area contributed by atoms with E-state index in [9.17, 15) is 9.59 Å². The molecule has 1 aliphatic heterocycles. The number of nitrogens with one attached hydrogen (secondary N) is 2. The number of nitrogens with zero attached hydrogens (tertiary/aromatic N) is 2. The van der Waals surface area contributed by atoms with Crippen molar-refractivity contribution in [1.82, 2.24) is 10.2 Å². The molecule has 7 N–H and O–H groups in total. The monoisotopic (exact) mass is 469 g/mol. The van der Waals surface area contributed by atoms with Crippen LogP contribution in [0.15, 0.2) is 59.0 Å². The van der Waals surface area contributed by atoms with Crippen molar-refractivity contribution in [3.8, 4) is 0 Å². The fourth-order valence-corrected chi connectivity index (χ4v) is 3.88. The van der Waals surface area contributed by atoms with Crippen LogP contribution in [0.4, 0.5) is 5.69 Å². The van der Waals surface area contributed by atoms with Crippen molar-refractivity contribution in [3.05, 3.63) is 64.5 Å². The van der Waals surface area contributed by atoms with Gasteiger partial charge in [-0.1, -0.05) is 32.1 Å². The SMILES string of the molecule is CC.CN1CCN(c2ccc(CNC3=C(N)C(=O)C4=C(CC=CC4=N)C3=O)cc2)CC1.CO[NH3+]. The van der Waals surface area contributed by atoms with E-state index in [4.69, 9.17) is 11.1 Å². The van der Waals surface area contributed by atoms with Crippen molar-refractivity contribution in [3.63, 3.8) is 0 Å². The minimum Gasteiger partial charge on any atom is -0.394 e. The van der Waals surface area contributed by atoms with Crippen LogP contribution in [0.2, 0.25) is 0 Å². The van der Waals surface area contributed by atoms with E-state index in [0.29, 0.717) is 18.5 Å². The summed E-state index contributed by atoms with van der Waals surface area (Å²) in [6, 6.07) is 8.22. The molecule has 0 unspecified atom stereocenters. The summed E-state index contributed by atoms with van der Waals surface area (Å²) >= 11 is 0. The highest BCUT2D eigenvalue weighted by molar-refractivity contribution is 6.38. The highest BCUT2D eigenvalue weighted by Gasteiger charge is 2.35. The molecule has 1 heterocycles. The molecule has 0 amide bonds. The van der Waals surface area contributed by atoms with Crippen molar-refractivity contribution in [2.75, 3.05) is 45.2 Å². The van der Waals surface area contributed by atoms with E-state index in [-0.39, 0.29) is 28.5 Å². The molecule has 184 valence electrons. The van der Waals surface area contributed by atoms with Crippen molar-refractivity contribution < 1.29 is 20.3 Å². The average Bonchev–Trinajstić information content (AvgIpc) is 2.85. The molecule has 0 aromatic heterocycles. The maximum atomic E-state index is 12.8. The number of carbonyl (C=O) groups excluding carboxylic acids is 2. The molecule has 3 aliphatic rings. The zero-order valence-corrected chi connectivity index (χ0v) is 20.6. The molecule has 0 radical (unpaired) electrons. The summed E-state index contributed by atoms with van der Waals surface area (Å²) in [5.41, 5.74) is 8.71. The number of Topliss-reactive ketones (excluding diaryl/α,β-unsaturated/α-hetero) is 2. The Bertz CT molecular complexity index is 986. The predicted octanol–water partition coefficient (Wildman–Crippen LogP) is 0.942. The van der Waals surface area contributed by atoms with Crippen LogP contribution in [0.25, 0.3) is 0 Å². The summed E-state index contributed by atoms with van der Waals surface area (Å²) in [5.74, 6) is 2.25. The zero-order valence-electron chi connectivity index (χ0n) is 20.6. The standard InChI is InChI=1S/C22H25N5O2.C2H6.CH6NO/c1-26-9-11-27(12-10-26)15-7-5-14(6-8-15)13-25-20-19(24)22(29)18-16(21(20)28)3-2-4-17(18)23;1-2;1-3-2/h2,4-8,23,25H,3,9-13,24H2,1H3;1-2H3;1-2H3/q;;+1. The van der Waals surface area contributed by atoms with Crippen LogP contribution in [0.5, 0.6) is 0 Å². The third kappa shape index (κ3) is 6.19. The third-order valence-electron chi connectivity index (χ3n) is 5.69. The molecule has 0 atom stereocenters. The van der Waals surface area contributed by atoms with Crippen LogP contribution in [0, 0.1) is 5.41 Å². The number of carbonyl (C=O) groups is 2. The van der Waals surface area contributed by atoms with Crippen LogP contribution in [-0.4, -0.2) is 62.5 Å². The Morgan fingerprint density at radius 2 is 1.68 bits per heavy atom. The Morgan fingerprint density at radius 1 is 1.09 bits per heavy atom. The Kier molecular flexibility index (Phi) is 10.2. The number of hydrogen-bond acceptors (Lipinski definition) is 8. The Morgan fingerprint density at radius 3 is 2.26 bits per heavy atom. The molecule has 1 fully saturated rings. The van der Waals surface area contributed by atoms with Crippen LogP contribution in [0.1, 0.15) is 25.8 Å². The molecular weight excluding hydrogens is 432 g/mol. The van der Waals surface area contributed by atoms with Crippen molar-refractivity contribution >= 4 is 23.0 Å². The predicted molar refractivity (Wildman–Crippen MR) is 134 cm³/mol. The minimum atomic E-state index is -0.443. The number of nitrogens with two attached hydrogens (primary N) is 1. The highest BCUT2D eigenvalue weighted by atomic mass is 16.6. The number of likely N-dealkylation sites (N-methyl/N-ethyl adjacent to an activating group) is 1. The topological polar surface area (TPSA) is 139 Å². The number of piperazine rings is 1. The van der Waals surface area contributed by atoms with Crippen LogP contribution in [0.3, 0.4) is 0 Å². The molecular formula is C25H37N6O3+. The van der Waals surface area contributed by atoms with E-state index in [1.54, 1.807) is 6.08 Å². The Labute approximate surface area is 201 Å². The van der Waals surface area contributed by atoms with E-state index in [2.05, 4.69) is 45.0 Å². The number of quaternary nitrogens is 1. The van der Waals surface area contributed by atoms with Crippen LogP contribution in [-0.2, 0) is 21.0 Å². The first-order valence-corrected chi connectivity index (χ1v) is 11.5. The molecule has 9 heteroatoms. The second-order valence-corrected chi connectivity index (χ2v) is 7.92. The van der Waals surface area contributed by atoms with Gasteiger partial charge < -0.3 is 26.3 Å². The first kappa shape index (κ1) is 27.0. The van der Waals surface area contributed by atoms with Gasteiger partial charge in [-0.05, 0) is 37.2 Å². The van der Waals surface area contributed by atoms with Gasteiger partial charge >= 0.3 is 0 Å². The normalized spacial score (nSPS) is 18.1. The van der Waals surface area contributed by atoms with Gasteiger partial charge in [0.2, 0.25) is 11.6 Å². The summed E-state index contributed by atoms with van der Waals surface area (Å²) in [6.07, 6.45) is 3.61. The lowest BCUT2D eigenvalue weighted by molar-refractivity contribution is -0.679. The summed E-state index contributed by atoms with van der Waals surface area (Å²) in [6.45, 7) is 8.52. The maximum Gasteiger partial charge on any atom is 0.213 e. The van der Waals surface area contributed by atoms with Gasteiger partial charge in [-0.2, -0.15) is 0 Å². The van der Waals surface area contributed by atoms with Gasteiger partial charge in [0.05, 0.1) is 18.4 Å². The van der Waals surface area contributed by atoms with E-state index in [1.165, 1.54) is 18.9 Å². The smallest absolute Gasteiger partial charge is 0.213 e. The van der Waals surface area contributed by atoms with Crippen molar-refractivity contribution in [2.24, 2.45) is 5.73 Å². The molecule has 34 heavy (non-hydrogen) atoms. The first-order chi connectivity index (χ1) is 16.4. The minimum absolute atomic E-state index is 0.0473. The van der Waals surface area contributed by atoms with Crippen molar-refractivity contribution in [1.29, 1.82) is 5.41 Å². The first-order valence-electron chi connectivity index (χ1n) is 11.5. The lowest BCUT2D eigenvalue weighted by Crippen LogP contribution is -2.46. The van der Waals surface area contributed by atoms with Gasteiger partial charge in [0.1, 0.15) is 11.4 Å². The molecule has 9 nitrogen and oxygen atoms in total. The highest BCUT2D eigenvalue weighted by Crippen LogP contribution is 2.28. The fraction of sp³-hybridized carbons (Fsp3) is 0.400.